The lowest BCUT2D eigenvalue weighted by Crippen LogP contribution is -2.49. The lowest BCUT2D eigenvalue weighted by molar-refractivity contribution is -0.140. The van der Waals surface area contributed by atoms with E-state index in [1.807, 2.05) is 6.07 Å². The number of carbonyl (C=O) groups excluding carboxylic acids is 1. The molecule has 0 radical (unpaired) electrons. The quantitative estimate of drug-likeness (QED) is 0.641. The lowest BCUT2D eigenvalue weighted by atomic mass is 10.2. The van der Waals surface area contributed by atoms with Crippen molar-refractivity contribution in [2.75, 3.05) is 6.54 Å². The molecule has 8 nitrogen and oxygen atoms in total. The number of nitrogens with zero attached hydrogens (tertiary/aromatic N) is 2. The van der Waals surface area contributed by atoms with Crippen LogP contribution < -0.4 is 5.32 Å². The SMILES string of the molecule is N#CC1(NC(=O)[C@@H]2C[C@@H](S(=O)(=O)c3ccc(Br)cc3C(F)(F)F)CN2C(=O)O)CC1. The van der Waals surface area contributed by atoms with E-state index < -0.39 is 68.3 Å². The zero-order chi connectivity index (χ0) is 22.5. The van der Waals surface area contributed by atoms with Gasteiger partial charge in [0, 0.05) is 11.0 Å². The minimum atomic E-state index is -4.96. The Morgan fingerprint density at radius 2 is 1.97 bits per heavy atom. The van der Waals surface area contributed by atoms with E-state index >= 15 is 0 Å². The van der Waals surface area contributed by atoms with Crippen molar-refractivity contribution in [3.8, 4) is 6.07 Å². The van der Waals surface area contributed by atoms with Gasteiger partial charge in [0.1, 0.15) is 11.6 Å². The van der Waals surface area contributed by atoms with Gasteiger partial charge in [-0.25, -0.2) is 13.2 Å². The molecule has 0 bridgehead atoms. The van der Waals surface area contributed by atoms with Gasteiger partial charge in [0.2, 0.25) is 5.91 Å². The number of hydrogen-bond donors (Lipinski definition) is 2. The van der Waals surface area contributed by atoms with Crippen molar-refractivity contribution in [2.45, 2.75) is 47.2 Å². The Morgan fingerprint density at radius 1 is 1.33 bits per heavy atom. The van der Waals surface area contributed by atoms with Gasteiger partial charge in [0.05, 0.1) is 21.8 Å². The number of halogens is 4. The number of carbonyl (C=O) groups is 2. The second-order valence-electron chi connectivity index (χ2n) is 7.17. The highest BCUT2D eigenvalue weighted by Gasteiger charge is 2.51. The fraction of sp³-hybridized carbons (Fsp3) is 0.471. The Bertz CT molecular complexity index is 1050. The van der Waals surface area contributed by atoms with Crippen molar-refractivity contribution in [1.29, 1.82) is 5.26 Å². The fourth-order valence-corrected chi connectivity index (χ4v) is 5.59. The third-order valence-electron chi connectivity index (χ3n) is 5.13. The predicted octanol–water partition coefficient (Wildman–Crippen LogP) is 2.53. The molecule has 162 valence electrons. The summed E-state index contributed by atoms with van der Waals surface area (Å²) in [6, 6.07) is 3.04. The van der Waals surface area contributed by atoms with Crippen molar-refractivity contribution in [3.05, 3.63) is 28.2 Å². The molecule has 1 aromatic carbocycles. The van der Waals surface area contributed by atoms with Gasteiger partial charge in [-0.15, -0.1) is 0 Å². The molecule has 3 rings (SSSR count). The molecule has 2 atom stereocenters. The Labute approximate surface area is 177 Å². The van der Waals surface area contributed by atoms with Crippen molar-refractivity contribution >= 4 is 37.8 Å². The molecule has 13 heteroatoms. The second-order valence-corrected chi connectivity index (χ2v) is 10.3. The van der Waals surface area contributed by atoms with E-state index in [1.54, 1.807) is 0 Å². The number of sulfone groups is 1. The minimum absolute atomic E-state index is 0.0239. The summed E-state index contributed by atoms with van der Waals surface area (Å²) in [5.41, 5.74) is -2.49. The van der Waals surface area contributed by atoms with Crippen LogP contribution in [0.25, 0.3) is 0 Å². The summed E-state index contributed by atoms with van der Waals surface area (Å²) in [6.07, 6.45) is -6.30. The number of benzene rings is 1. The minimum Gasteiger partial charge on any atom is -0.465 e. The number of rotatable bonds is 4. The van der Waals surface area contributed by atoms with E-state index in [-0.39, 0.29) is 4.47 Å². The lowest BCUT2D eigenvalue weighted by Gasteiger charge is -2.21. The van der Waals surface area contributed by atoms with Crippen LogP contribution in [0.4, 0.5) is 18.0 Å². The maximum absolute atomic E-state index is 13.4. The third kappa shape index (κ3) is 4.11. The Morgan fingerprint density at radius 3 is 2.47 bits per heavy atom. The topological polar surface area (TPSA) is 128 Å². The number of nitrogens with one attached hydrogen (secondary N) is 1. The van der Waals surface area contributed by atoms with Crippen LogP contribution in [0, 0.1) is 11.3 Å². The first-order chi connectivity index (χ1) is 13.8. The van der Waals surface area contributed by atoms with Crippen LogP contribution in [0.5, 0.6) is 0 Å². The van der Waals surface area contributed by atoms with Gasteiger partial charge in [-0.1, -0.05) is 15.9 Å². The molecule has 1 aliphatic carbocycles. The molecule has 2 N–H and O–H groups in total. The molecule has 1 aliphatic heterocycles. The molecule has 1 aromatic rings. The first-order valence-electron chi connectivity index (χ1n) is 8.64. The van der Waals surface area contributed by atoms with Gasteiger partial charge >= 0.3 is 12.3 Å². The molecule has 0 unspecified atom stereocenters. The van der Waals surface area contributed by atoms with Crippen LogP contribution in [0.1, 0.15) is 24.8 Å². The molecule has 2 fully saturated rings. The van der Waals surface area contributed by atoms with Gasteiger partial charge in [0.25, 0.3) is 0 Å². The number of alkyl halides is 3. The number of carboxylic acid groups (broad SMARTS) is 1. The first-order valence-corrected chi connectivity index (χ1v) is 11.0. The number of nitriles is 1. The fourth-order valence-electron chi connectivity index (χ4n) is 3.34. The molecule has 30 heavy (non-hydrogen) atoms. The van der Waals surface area contributed by atoms with Crippen molar-refractivity contribution in [2.24, 2.45) is 0 Å². The molecular formula is C17H15BrF3N3O5S. The average Bonchev–Trinajstić information content (AvgIpc) is 3.25. The van der Waals surface area contributed by atoms with Crippen molar-refractivity contribution < 1.29 is 36.3 Å². The highest BCUT2D eigenvalue weighted by atomic mass is 79.9. The van der Waals surface area contributed by atoms with Crippen LogP contribution >= 0.6 is 15.9 Å². The molecule has 0 aromatic heterocycles. The maximum Gasteiger partial charge on any atom is 0.417 e. The summed E-state index contributed by atoms with van der Waals surface area (Å²) < 4.78 is 66.2. The zero-order valence-electron chi connectivity index (χ0n) is 15.1. The Kier molecular flexibility index (Phi) is 5.53. The normalized spacial score (nSPS) is 23.0. The number of likely N-dealkylation sites (tertiary alicyclic amines) is 1. The maximum atomic E-state index is 13.4. The van der Waals surface area contributed by atoms with E-state index in [4.69, 9.17) is 5.26 Å². The second kappa shape index (κ2) is 7.42. The highest BCUT2D eigenvalue weighted by molar-refractivity contribution is 9.10. The van der Waals surface area contributed by atoms with Gasteiger partial charge in [0.15, 0.2) is 9.84 Å². The largest absolute Gasteiger partial charge is 0.465 e. The van der Waals surface area contributed by atoms with Crippen molar-refractivity contribution in [1.82, 2.24) is 10.2 Å². The van der Waals surface area contributed by atoms with Crippen molar-refractivity contribution in [3.63, 3.8) is 0 Å². The van der Waals surface area contributed by atoms with Crippen LogP contribution in [0.2, 0.25) is 0 Å². The Hall–Kier alpha value is -2.33. The van der Waals surface area contributed by atoms with E-state index in [2.05, 4.69) is 21.2 Å². The van der Waals surface area contributed by atoms with Crippen LogP contribution in [0.3, 0.4) is 0 Å². The Balaban J connectivity index is 1.94. The molecule has 2 aliphatic rings. The number of amides is 2. The third-order valence-corrected chi connectivity index (χ3v) is 7.81. The summed E-state index contributed by atoms with van der Waals surface area (Å²) in [5, 5.41) is 19.3. The van der Waals surface area contributed by atoms with E-state index in [0.29, 0.717) is 23.8 Å². The van der Waals surface area contributed by atoms with Gasteiger partial charge in [-0.05, 0) is 37.5 Å². The number of hydrogen-bond acceptors (Lipinski definition) is 5. The summed E-state index contributed by atoms with van der Waals surface area (Å²) in [4.78, 5) is 23.7. The smallest absolute Gasteiger partial charge is 0.417 e. The summed E-state index contributed by atoms with van der Waals surface area (Å²) in [6.45, 7) is -0.664. The molecule has 1 saturated carbocycles. The summed E-state index contributed by atoms with van der Waals surface area (Å²) in [5.74, 6) is -0.846. The van der Waals surface area contributed by atoms with E-state index in [0.717, 1.165) is 12.1 Å². The average molecular weight is 510 g/mol. The van der Waals surface area contributed by atoms with E-state index in [9.17, 15) is 36.3 Å². The predicted molar refractivity (Wildman–Crippen MR) is 99.0 cm³/mol. The zero-order valence-corrected chi connectivity index (χ0v) is 17.5. The van der Waals surface area contributed by atoms with Gasteiger partial charge in [-0.2, -0.15) is 18.4 Å². The van der Waals surface area contributed by atoms with Gasteiger partial charge in [-0.3, -0.25) is 9.69 Å². The van der Waals surface area contributed by atoms with Crippen LogP contribution in [-0.4, -0.2) is 53.8 Å². The summed E-state index contributed by atoms with van der Waals surface area (Å²) in [7, 11) is -4.63. The van der Waals surface area contributed by atoms with E-state index in [1.165, 1.54) is 0 Å². The van der Waals surface area contributed by atoms with Crippen LogP contribution in [-0.2, 0) is 20.8 Å². The molecular weight excluding hydrogens is 495 g/mol. The monoisotopic (exact) mass is 509 g/mol. The molecule has 0 spiro atoms. The summed E-state index contributed by atoms with van der Waals surface area (Å²) >= 11 is 2.88. The standard InChI is InChI=1S/C17H15BrF3N3O5S/c18-9-1-2-13(11(5-9)17(19,20)21)30(28,29)10-6-12(24(7-10)15(26)27)14(25)23-16(8-22)3-4-16/h1-2,5,10,12H,3-4,6-7H2,(H,23,25)(H,26,27)/t10-,12+/m1/s1. The molecule has 2 amide bonds. The van der Waals surface area contributed by atoms with Crippen LogP contribution in [0.15, 0.2) is 27.6 Å². The molecule has 1 heterocycles. The van der Waals surface area contributed by atoms with Gasteiger partial charge < -0.3 is 10.4 Å². The highest BCUT2D eigenvalue weighted by Crippen LogP contribution is 2.39. The molecule has 1 saturated heterocycles. The first kappa shape index (κ1) is 22.4.